The maximum Gasteiger partial charge on any atom is 0.0460 e. The van der Waals surface area contributed by atoms with Gasteiger partial charge in [0, 0.05) is 17.1 Å². The maximum atomic E-state index is 3.98. The Kier molecular flexibility index (Phi) is 10.3. The van der Waals surface area contributed by atoms with Crippen molar-refractivity contribution in [1.29, 1.82) is 0 Å². The Balaban J connectivity index is 0.00000204. The van der Waals surface area contributed by atoms with Crippen LogP contribution in [0.4, 0.5) is 5.69 Å². The molecule has 0 amide bonds. The third-order valence-corrected chi connectivity index (χ3v) is 4.45. The van der Waals surface area contributed by atoms with E-state index in [-0.39, 0.29) is 0 Å². The molecule has 0 aliphatic heterocycles. The molecule has 0 aliphatic rings. The topological polar surface area (TPSA) is 3.24 Å². The fourth-order valence-electron chi connectivity index (χ4n) is 2.91. The number of nitrogens with zero attached hydrogens (tertiary/aromatic N) is 1. The molecule has 1 heteroatoms. The Bertz CT molecular complexity index is 892. The smallest absolute Gasteiger partial charge is 0.0460 e. The zero-order valence-corrected chi connectivity index (χ0v) is 18.9. The number of hydrogen-bond donors (Lipinski definition) is 0. The first-order valence-electron chi connectivity index (χ1n) is 10.2. The maximum absolute atomic E-state index is 3.98. The molecule has 0 fully saturated rings. The third kappa shape index (κ3) is 7.12. The van der Waals surface area contributed by atoms with Crippen LogP contribution >= 0.6 is 0 Å². The summed E-state index contributed by atoms with van der Waals surface area (Å²) >= 11 is 0. The second-order valence-electron chi connectivity index (χ2n) is 6.73. The zero-order valence-electron chi connectivity index (χ0n) is 18.9. The summed E-state index contributed by atoms with van der Waals surface area (Å²) in [7, 11) is 0. The molecule has 0 aromatic heterocycles. The van der Waals surface area contributed by atoms with E-state index in [2.05, 4.69) is 106 Å². The molecule has 0 saturated heterocycles. The second kappa shape index (κ2) is 12.4. The van der Waals surface area contributed by atoms with Gasteiger partial charge in [0.2, 0.25) is 0 Å². The number of aryl methyl sites for hydroxylation is 2. The van der Waals surface area contributed by atoms with E-state index in [1.54, 1.807) is 6.08 Å². The van der Waals surface area contributed by atoms with Gasteiger partial charge in [-0.1, -0.05) is 81.1 Å². The summed E-state index contributed by atoms with van der Waals surface area (Å²) in [6.45, 7) is 20.3. The molecule has 29 heavy (non-hydrogen) atoms. The minimum absolute atomic E-state index is 0.991. The van der Waals surface area contributed by atoms with Crippen molar-refractivity contribution in [2.24, 2.45) is 0 Å². The van der Waals surface area contributed by atoms with E-state index < -0.39 is 0 Å². The van der Waals surface area contributed by atoms with Crippen molar-refractivity contribution in [1.82, 2.24) is 0 Å². The van der Waals surface area contributed by atoms with E-state index in [1.807, 2.05) is 26.0 Å². The molecule has 0 unspecified atom stereocenters. The fourth-order valence-corrected chi connectivity index (χ4v) is 2.91. The summed E-state index contributed by atoms with van der Waals surface area (Å²) in [6.07, 6.45) is 9.94. The lowest BCUT2D eigenvalue weighted by Gasteiger charge is -2.27. The summed E-state index contributed by atoms with van der Waals surface area (Å²) in [5, 5.41) is 0. The molecule has 1 nitrogen and oxygen atoms in total. The van der Waals surface area contributed by atoms with E-state index in [0.29, 0.717) is 0 Å². The van der Waals surface area contributed by atoms with Gasteiger partial charge in [-0.05, 0) is 74.8 Å². The van der Waals surface area contributed by atoms with Gasteiger partial charge in [0.1, 0.15) is 0 Å². The van der Waals surface area contributed by atoms with E-state index >= 15 is 0 Å². The van der Waals surface area contributed by atoms with Crippen molar-refractivity contribution < 1.29 is 0 Å². The summed E-state index contributed by atoms with van der Waals surface area (Å²) in [4.78, 5) is 2.20. The van der Waals surface area contributed by atoms with Gasteiger partial charge in [0.05, 0.1) is 0 Å². The molecule has 2 rings (SSSR count). The molecule has 0 saturated carbocycles. The molecular weight excluding hydrogens is 350 g/mol. The molecule has 0 bridgehead atoms. The van der Waals surface area contributed by atoms with Crippen molar-refractivity contribution in [2.75, 3.05) is 4.90 Å². The minimum Gasteiger partial charge on any atom is -0.315 e. The molecule has 2 aromatic carbocycles. The Morgan fingerprint density at radius 2 is 1.48 bits per heavy atom. The molecule has 152 valence electrons. The molecular formula is C28H35N. The van der Waals surface area contributed by atoms with E-state index in [1.165, 1.54) is 22.3 Å². The van der Waals surface area contributed by atoms with Crippen LogP contribution in [0, 0.1) is 13.8 Å². The van der Waals surface area contributed by atoms with Gasteiger partial charge in [0.15, 0.2) is 0 Å². The van der Waals surface area contributed by atoms with Gasteiger partial charge in [-0.15, -0.1) is 0 Å². The van der Waals surface area contributed by atoms with Crippen LogP contribution in [0.2, 0.25) is 0 Å². The van der Waals surface area contributed by atoms with Gasteiger partial charge in [-0.2, -0.15) is 0 Å². The van der Waals surface area contributed by atoms with Crippen LogP contribution < -0.4 is 4.90 Å². The van der Waals surface area contributed by atoms with Crippen molar-refractivity contribution in [3.05, 3.63) is 120 Å². The number of allylic oxidation sites excluding steroid dienone is 7. The van der Waals surface area contributed by atoms with Crippen LogP contribution in [0.1, 0.15) is 44.4 Å². The van der Waals surface area contributed by atoms with Crippen LogP contribution in [0.5, 0.6) is 0 Å². The van der Waals surface area contributed by atoms with Gasteiger partial charge >= 0.3 is 0 Å². The SMILES string of the molecule is C=C/C=C(\C=C)N(/C(C)=C/C=C(\C)c1ccc(C)cc1)c1cccc(C)c1.CC. The number of hydrogen-bond acceptors (Lipinski definition) is 1. The molecule has 0 N–H and O–H groups in total. The van der Waals surface area contributed by atoms with Crippen molar-refractivity contribution in [2.45, 2.75) is 41.5 Å². The highest BCUT2D eigenvalue weighted by Gasteiger charge is 2.11. The Morgan fingerprint density at radius 3 is 2.03 bits per heavy atom. The van der Waals surface area contributed by atoms with Gasteiger partial charge in [-0.3, -0.25) is 0 Å². The lowest BCUT2D eigenvalue weighted by molar-refractivity contribution is 1.10. The highest BCUT2D eigenvalue weighted by Crippen LogP contribution is 2.26. The van der Waals surface area contributed by atoms with Gasteiger partial charge in [-0.25, -0.2) is 0 Å². The third-order valence-electron chi connectivity index (χ3n) is 4.45. The molecule has 0 radical (unpaired) electrons. The highest BCUT2D eigenvalue weighted by molar-refractivity contribution is 5.67. The Morgan fingerprint density at radius 1 is 0.828 bits per heavy atom. The molecule has 0 atom stereocenters. The Labute approximate surface area is 178 Å². The summed E-state index contributed by atoms with van der Waals surface area (Å²) in [5.41, 5.74) is 8.17. The number of rotatable bonds is 7. The summed E-state index contributed by atoms with van der Waals surface area (Å²) in [6, 6.07) is 17.1. The average Bonchev–Trinajstić information content (AvgIpc) is 2.73. The fraction of sp³-hybridized carbons (Fsp3) is 0.214. The van der Waals surface area contributed by atoms with Crippen LogP contribution in [0.25, 0.3) is 5.57 Å². The summed E-state index contributed by atoms with van der Waals surface area (Å²) in [5.74, 6) is 0. The highest BCUT2D eigenvalue weighted by atomic mass is 15.1. The standard InChI is InChI=1S/C26H29N.C2H6/c1-7-10-25(8-2)27(26-12-9-11-21(4)19-26)23(6)16-15-22(5)24-17-13-20(3)14-18-24;1-2/h7-19H,1-2H2,3-6H3;1-2H3/b22-15+,23-16+,25-10+;. The van der Waals surface area contributed by atoms with Gasteiger partial charge < -0.3 is 4.90 Å². The van der Waals surface area contributed by atoms with Crippen molar-refractivity contribution >= 4 is 11.3 Å². The predicted molar refractivity (Wildman–Crippen MR) is 132 cm³/mol. The molecule has 0 spiro atoms. The molecule has 0 heterocycles. The molecule has 2 aromatic rings. The van der Waals surface area contributed by atoms with E-state index in [4.69, 9.17) is 0 Å². The summed E-state index contributed by atoms with van der Waals surface area (Å²) < 4.78 is 0. The first-order valence-corrected chi connectivity index (χ1v) is 10.2. The Hall–Kier alpha value is -3.06. The lowest BCUT2D eigenvalue weighted by atomic mass is 10.1. The van der Waals surface area contributed by atoms with Gasteiger partial charge in [0.25, 0.3) is 0 Å². The van der Waals surface area contributed by atoms with Crippen molar-refractivity contribution in [3.63, 3.8) is 0 Å². The predicted octanol–water partition coefficient (Wildman–Crippen LogP) is 8.40. The van der Waals surface area contributed by atoms with Crippen molar-refractivity contribution in [3.8, 4) is 0 Å². The number of anilines is 1. The van der Waals surface area contributed by atoms with Crippen LogP contribution in [-0.2, 0) is 0 Å². The first-order chi connectivity index (χ1) is 14.0. The lowest BCUT2D eigenvalue weighted by Crippen LogP contribution is -2.19. The number of benzene rings is 2. The first kappa shape index (κ1) is 24.0. The zero-order chi connectivity index (χ0) is 21.8. The van der Waals surface area contributed by atoms with E-state index in [0.717, 1.165) is 17.1 Å². The quantitative estimate of drug-likeness (QED) is 0.432. The van der Waals surface area contributed by atoms with Crippen LogP contribution in [0.15, 0.2) is 103 Å². The average molecular weight is 386 g/mol. The van der Waals surface area contributed by atoms with Crippen LogP contribution in [0.3, 0.4) is 0 Å². The van der Waals surface area contributed by atoms with E-state index in [9.17, 15) is 0 Å². The van der Waals surface area contributed by atoms with Crippen LogP contribution in [-0.4, -0.2) is 0 Å². The largest absolute Gasteiger partial charge is 0.315 e. The minimum atomic E-state index is 0.991. The molecule has 0 aliphatic carbocycles. The second-order valence-corrected chi connectivity index (χ2v) is 6.73. The normalized spacial score (nSPS) is 12.0. The monoisotopic (exact) mass is 385 g/mol.